The summed E-state index contributed by atoms with van der Waals surface area (Å²) in [5, 5.41) is 17.1. The number of ether oxygens (including phenoxy) is 1. The molecule has 0 aromatic carbocycles. The van der Waals surface area contributed by atoms with Crippen LogP contribution in [0.5, 0.6) is 0 Å². The predicted molar refractivity (Wildman–Crippen MR) is 57.3 cm³/mol. The fourth-order valence-corrected chi connectivity index (χ4v) is 1.09. The fraction of sp³-hybridized carbons (Fsp3) is 0.455. The Labute approximate surface area is 90.7 Å². The summed E-state index contributed by atoms with van der Waals surface area (Å²) in [7, 11) is 1.57. The van der Waals surface area contributed by atoms with Gasteiger partial charge in [-0.05, 0) is 19.9 Å². The first kappa shape index (κ1) is 13.1. The molecule has 0 atom stereocenters. The molecule has 0 unspecified atom stereocenters. The maximum atomic E-state index is 8.54. The molecule has 0 aliphatic carbocycles. The van der Waals surface area contributed by atoms with Crippen LogP contribution in [-0.2, 0) is 4.74 Å². The molecule has 0 aliphatic rings. The Morgan fingerprint density at radius 2 is 1.73 bits per heavy atom. The third kappa shape index (κ3) is 4.19. The highest BCUT2D eigenvalue weighted by atomic mass is 16.5. The molecule has 0 saturated carbocycles. The van der Waals surface area contributed by atoms with Gasteiger partial charge >= 0.3 is 0 Å². The lowest BCUT2D eigenvalue weighted by Gasteiger charge is -2.22. The minimum atomic E-state index is 0.0664. The number of rotatable bonds is 5. The molecule has 0 aromatic heterocycles. The first-order valence-electron chi connectivity index (χ1n) is 4.74. The highest BCUT2D eigenvalue weighted by molar-refractivity contribution is 5.38. The van der Waals surface area contributed by atoms with Gasteiger partial charge < -0.3 is 9.64 Å². The van der Waals surface area contributed by atoms with E-state index in [2.05, 4.69) is 0 Å². The second-order valence-electron chi connectivity index (χ2n) is 2.69. The average Bonchev–Trinajstić information content (AvgIpc) is 2.29. The summed E-state index contributed by atoms with van der Waals surface area (Å²) in [4.78, 5) is 1.99. The summed E-state index contributed by atoms with van der Waals surface area (Å²) in [5.41, 5.74) is 0.0664. The Balaban J connectivity index is 4.83. The summed E-state index contributed by atoms with van der Waals surface area (Å²) in [6.45, 7) is 5.65. The van der Waals surface area contributed by atoms with Crippen molar-refractivity contribution in [3.05, 3.63) is 23.6 Å². The van der Waals surface area contributed by atoms with Crippen molar-refractivity contribution in [3.63, 3.8) is 0 Å². The van der Waals surface area contributed by atoms with Crippen LogP contribution in [0.2, 0.25) is 0 Å². The second kappa shape index (κ2) is 7.46. The van der Waals surface area contributed by atoms with Gasteiger partial charge in [0, 0.05) is 19.2 Å². The molecule has 0 saturated heterocycles. The van der Waals surface area contributed by atoms with E-state index in [9.17, 15) is 0 Å². The zero-order valence-electron chi connectivity index (χ0n) is 9.32. The zero-order chi connectivity index (χ0) is 11.7. The summed E-state index contributed by atoms with van der Waals surface area (Å²) in [6, 6.07) is 3.57. The summed E-state index contributed by atoms with van der Waals surface area (Å²) < 4.78 is 5.16. The number of hydrogen-bond acceptors (Lipinski definition) is 4. The van der Waals surface area contributed by atoms with Crippen LogP contribution in [0.1, 0.15) is 13.8 Å². The van der Waals surface area contributed by atoms with Crippen LogP contribution in [0.4, 0.5) is 0 Å². The minimum absolute atomic E-state index is 0.0664. The zero-order valence-corrected chi connectivity index (χ0v) is 9.32. The molecule has 0 fully saturated rings. The molecular weight excluding hydrogens is 190 g/mol. The van der Waals surface area contributed by atoms with E-state index in [1.165, 1.54) is 6.08 Å². The molecule has 4 nitrogen and oxygen atoms in total. The average molecular weight is 205 g/mol. The van der Waals surface area contributed by atoms with Gasteiger partial charge in [0.2, 0.25) is 0 Å². The monoisotopic (exact) mass is 205 g/mol. The van der Waals surface area contributed by atoms with Gasteiger partial charge in [0.15, 0.2) is 5.88 Å². The third-order valence-corrected chi connectivity index (χ3v) is 1.92. The van der Waals surface area contributed by atoms with E-state index < -0.39 is 0 Å². The van der Waals surface area contributed by atoms with E-state index in [1.54, 1.807) is 25.3 Å². The van der Waals surface area contributed by atoms with Gasteiger partial charge in [-0.2, -0.15) is 10.5 Å². The van der Waals surface area contributed by atoms with Gasteiger partial charge in [0.1, 0.15) is 17.7 Å². The van der Waals surface area contributed by atoms with E-state index in [-0.39, 0.29) is 5.57 Å². The van der Waals surface area contributed by atoms with Crippen molar-refractivity contribution in [1.82, 2.24) is 4.90 Å². The van der Waals surface area contributed by atoms with Crippen LogP contribution < -0.4 is 0 Å². The Kier molecular flexibility index (Phi) is 6.50. The maximum absolute atomic E-state index is 8.54. The predicted octanol–water partition coefficient (Wildman–Crippen LogP) is 1.79. The Hall–Kier alpha value is -1.94. The molecule has 0 rings (SSSR count). The molecule has 15 heavy (non-hydrogen) atoms. The van der Waals surface area contributed by atoms with Crippen molar-refractivity contribution in [3.8, 4) is 12.1 Å². The first-order chi connectivity index (χ1) is 7.23. The number of hydrogen-bond donors (Lipinski definition) is 0. The van der Waals surface area contributed by atoms with Crippen LogP contribution in [-0.4, -0.2) is 25.1 Å². The van der Waals surface area contributed by atoms with Crippen molar-refractivity contribution in [2.24, 2.45) is 0 Å². The van der Waals surface area contributed by atoms with E-state index >= 15 is 0 Å². The highest BCUT2D eigenvalue weighted by Crippen LogP contribution is 2.05. The molecule has 0 aliphatic heterocycles. The molecule has 0 amide bonds. The Morgan fingerprint density at radius 3 is 2.07 bits per heavy atom. The van der Waals surface area contributed by atoms with Gasteiger partial charge in [0.25, 0.3) is 0 Å². The van der Waals surface area contributed by atoms with Crippen LogP contribution >= 0.6 is 0 Å². The van der Waals surface area contributed by atoms with E-state index in [1.807, 2.05) is 18.7 Å². The molecule has 0 spiro atoms. The van der Waals surface area contributed by atoms with Gasteiger partial charge in [0.05, 0.1) is 7.11 Å². The van der Waals surface area contributed by atoms with Crippen molar-refractivity contribution >= 4 is 0 Å². The Morgan fingerprint density at radius 1 is 1.20 bits per heavy atom. The van der Waals surface area contributed by atoms with E-state index in [0.717, 1.165) is 13.1 Å². The topological polar surface area (TPSA) is 60.0 Å². The molecule has 0 heterocycles. The first-order valence-corrected chi connectivity index (χ1v) is 4.74. The van der Waals surface area contributed by atoms with Crippen LogP contribution in [0.3, 0.4) is 0 Å². The molecule has 0 radical (unpaired) electrons. The lowest BCUT2D eigenvalue weighted by molar-refractivity contribution is 0.162. The summed E-state index contributed by atoms with van der Waals surface area (Å²) in [6.07, 6.45) is 3.09. The summed E-state index contributed by atoms with van der Waals surface area (Å²) >= 11 is 0. The van der Waals surface area contributed by atoms with Crippen LogP contribution in [0.15, 0.2) is 23.6 Å². The lowest BCUT2D eigenvalue weighted by atomic mass is 10.3. The third-order valence-electron chi connectivity index (χ3n) is 1.92. The smallest absolute Gasteiger partial charge is 0.188 e. The fourth-order valence-electron chi connectivity index (χ4n) is 1.09. The lowest BCUT2D eigenvalue weighted by Crippen LogP contribution is -2.23. The van der Waals surface area contributed by atoms with Gasteiger partial charge in [-0.25, -0.2) is 0 Å². The number of nitrogens with zero attached hydrogens (tertiary/aromatic N) is 3. The number of methoxy groups -OCH3 is 1. The normalized spacial score (nSPS) is 9.80. The summed E-state index contributed by atoms with van der Waals surface area (Å²) in [5.74, 6) is 0.656. The highest BCUT2D eigenvalue weighted by Gasteiger charge is 2.03. The molecule has 4 heteroatoms. The minimum Gasteiger partial charge on any atom is -0.482 e. The number of nitriles is 2. The van der Waals surface area contributed by atoms with Crippen molar-refractivity contribution in [1.29, 1.82) is 10.5 Å². The van der Waals surface area contributed by atoms with Crippen LogP contribution in [0.25, 0.3) is 0 Å². The second-order valence-corrected chi connectivity index (χ2v) is 2.69. The largest absolute Gasteiger partial charge is 0.482 e. The van der Waals surface area contributed by atoms with Crippen molar-refractivity contribution in [2.75, 3.05) is 20.2 Å². The molecule has 0 aromatic rings. The molecular formula is C11H15N3O. The quantitative estimate of drug-likeness (QED) is 0.390. The number of allylic oxidation sites excluding steroid dienone is 3. The molecule has 80 valence electrons. The van der Waals surface area contributed by atoms with Crippen molar-refractivity contribution in [2.45, 2.75) is 13.8 Å². The van der Waals surface area contributed by atoms with E-state index in [0.29, 0.717) is 5.88 Å². The van der Waals surface area contributed by atoms with Gasteiger partial charge in [-0.15, -0.1) is 0 Å². The SMILES string of the molecule is CCN(CC)/C(=C/C=C(C#N)C#N)OC. The Bertz CT molecular complexity index is 311. The maximum Gasteiger partial charge on any atom is 0.188 e. The standard InChI is InChI=1S/C11H15N3O/c1-4-14(5-2)11(15-3)7-6-10(8-12)9-13/h6-7H,4-5H2,1-3H3/b11-7-. The van der Waals surface area contributed by atoms with E-state index in [4.69, 9.17) is 15.3 Å². The van der Waals surface area contributed by atoms with Gasteiger partial charge in [-0.1, -0.05) is 0 Å². The molecule has 0 bridgehead atoms. The van der Waals surface area contributed by atoms with Crippen LogP contribution in [0, 0.1) is 22.7 Å². The van der Waals surface area contributed by atoms with Crippen molar-refractivity contribution < 1.29 is 4.74 Å². The molecule has 0 N–H and O–H groups in total. The van der Waals surface area contributed by atoms with Gasteiger partial charge in [-0.3, -0.25) is 0 Å².